The van der Waals surface area contributed by atoms with E-state index in [0.717, 1.165) is 11.3 Å². The van der Waals surface area contributed by atoms with Gasteiger partial charge in [-0.15, -0.1) is 11.3 Å². The van der Waals surface area contributed by atoms with Crippen molar-refractivity contribution in [2.45, 2.75) is 20.8 Å². The molecule has 29 heavy (non-hydrogen) atoms. The Hall–Kier alpha value is -3.44. The highest BCUT2D eigenvalue weighted by molar-refractivity contribution is 7.18. The molecular weight excluding hydrogens is 392 g/mol. The van der Waals surface area contributed by atoms with E-state index < -0.39 is 17.8 Å². The standard InChI is InChI=1S/C21H20N2O5S/c1-4-27-20(25)16-13(3)17(21(26)28-5-2)29-19(16)23-18(24)15(12-22)11-14-9-7-6-8-10-14/h6-11H,4-5H2,1-3H3,(H,23,24)/b15-11+. The molecule has 2 aromatic rings. The van der Waals surface area contributed by atoms with Crippen LogP contribution in [0.1, 0.15) is 45.0 Å². The zero-order valence-electron chi connectivity index (χ0n) is 16.3. The summed E-state index contributed by atoms with van der Waals surface area (Å²) in [6.07, 6.45) is 1.44. The Morgan fingerprint density at radius 2 is 1.72 bits per heavy atom. The molecule has 0 saturated carbocycles. The van der Waals surface area contributed by atoms with Crippen LogP contribution in [0.5, 0.6) is 0 Å². The van der Waals surface area contributed by atoms with E-state index >= 15 is 0 Å². The molecule has 0 aliphatic carbocycles. The Kier molecular flexibility index (Phi) is 7.69. The highest BCUT2D eigenvalue weighted by atomic mass is 32.1. The van der Waals surface area contributed by atoms with E-state index in [9.17, 15) is 19.6 Å². The maximum atomic E-state index is 12.6. The van der Waals surface area contributed by atoms with E-state index in [1.54, 1.807) is 45.0 Å². The number of nitriles is 1. The van der Waals surface area contributed by atoms with Crippen LogP contribution >= 0.6 is 11.3 Å². The number of anilines is 1. The van der Waals surface area contributed by atoms with Crippen LogP contribution in [0.15, 0.2) is 35.9 Å². The van der Waals surface area contributed by atoms with Gasteiger partial charge >= 0.3 is 11.9 Å². The molecule has 0 atom stereocenters. The van der Waals surface area contributed by atoms with Crippen LogP contribution in [-0.2, 0) is 14.3 Å². The largest absolute Gasteiger partial charge is 0.462 e. The Balaban J connectivity index is 2.42. The summed E-state index contributed by atoms with van der Waals surface area (Å²) in [7, 11) is 0. The summed E-state index contributed by atoms with van der Waals surface area (Å²) in [6, 6.07) is 10.7. The van der Waals surface area contributed by atoms with Crippen LogP contribution in [0.3, 0.4) is 0 Å². The number of hydrogen-bond acceptors (Lipinski definition) is 7. The summed E-state index contributed by atoms with van der Waals surface area (Å²) < 4.78 is 10.1. The molecule has 8 heteroatoms. The SMILES string of the molecule is CCOC(=O)c1sc(NC(=O)/C(C#N)=C/c2ccccc2)c(C(=O)OCC)c1C. The molecule has 0 saturated heterocycles. The van der Waals surface area contributed by atoms with Gasteiger partial charge in [0.15, 0.2) is 0 Å². The smallest absolute Gasteiger partial charge is 0.348 e. The summed E-state index contributed by atoms with van der Waals surface area (Å²) in [4.78, 5) is 37.4. The van der Waals surface area contributed by atoms with E-state index in [0.29, 0.717) is 11.1 Å². The lowest BCUT2D eigenvalue weighted by Gasteiger charge is -2.06. The number of nitrogens with zero attached hydrogens (tertiary/aromatic N) is 1. The molecule has 1 heterocycles. The van der Waals surface area contributed by atoms with Crippen LogP contribution < -0.4 is 5.32 Å². The first kappa shape index (κ1) is 21.9. The number of amides is 1. The summed E-state index contributed by atoms with van der Waals surface area (Å²) in [5.74, 6) is -1.96. The van der Waals surface area contributed by atoms with E-state index in [1.165, 1.54) is 6.08 Å². The molecule has 0 spiro atoms. The second-order valence-corrected chi connectivity index (χ2v) is 6.76. The lowest BCUT2D eigenvalue weighted by atomic mass is 10.1. The Morgan fingerprint density at radius 1 is 1.10 bits per heavy atom. The molecule has 0 aliphatic rings. The van der Waals surface area contributed by atoms with Crippen molar-refractivity contribution in [1.29, 1.82) is 5.26 Å². The Bertz CT molecular complexity index is 986. The molecule has 1 aromatic heterocycles. The zero-order chi connectivity index (χ0) is 21.4. The maximum Gasteiger partial charge on any atom is 0.348 e. The minimum atomic E-state index is -0.696. The van der Waals surface area contributed by atoms with Crippen LogP contribution in [0.25, 0.3) is 6.08 Å². The van der Waals surface area contributed by atoms with Crippen molar-refractivity contribution in [3.8, 4) is 6.07 Å². The lowest BCUT2D eigenvalue weighted by molar-refractivity contribution is -0.112. The number of nitrogens with one attached hydrogen (secondary N) is 1. The topological polar surface area (TPSA) is 105 Å². The molecule has 1 aromatic carbocycles. The number of esters is 2. The summed E-state index contributed by atoms with van der Waals surface area (Å²) in [6.45, 7) is 5.21. The van der Waals surface area contributed by atoms with Gasteiger partial charge in [0.2, 0.25) is 0 Å². The second-order valence-electron chi connectivity index (χ2n) is 5.74. The number of carbonyl (C=O) groups is 3. The summed E-state index contributed by atoms with van der Waals surface area (Å²) >= 11 is 0.907. The molecule has 0 bridgehead atoms. The third-order valence-electron chi connectivity index (χ3n) is 3.79. The van der Waals surface area contributed by atoms with Gasteiger partial charge in [-0.3, -0.25) is 4.79 Å². The second kappa shape index (κ2) is 10.2. The zero-order valence-corrected chi connectivity index (χ0v) is 17.1. The molecule has 0 unspecified atom stereocenters. The minimum absolute atomic E-state index is 0.0743. The molecule has 0 aliphatic heterocycles. The van der Waals surface area contributed by atoms with Crippen LogP contribution in [0, 0.1) is 18.3 Å². The van der Waals surface area contributed by atoms with Gasteiger partial charge in [-0.25, -0.2) is 9.59 Å². The quantitative estimate of drug-likeness (QED) is 0.419. The first-order valence-electron chi connectivity index (χ1n) is 8.88. The monoisotopic (exact) mass is 412 g/mol. The molecule has 1 amide bonds. The Morgan fingerprint density at radius 3 is 2.31 bits per heavy atom. The fraction of sp³-hybridized carbons (Fsp3) is 0.238. The minimum Gasteiger partial charge on any atom is -0.462 e. The number of benzene rings is 1. The van der Waals surface area contributed by atoms with E-state index in [1.807, 2.05) is 12.1 Å². The molecular formula is C21H20N2O5S. The fourth-order valence-corrected chi connectivity index (χ4v) is 3.56. The van der Waals surface area contributed by atoms with Crippen molar-refractivity contribution >= 4 is 40.3 Å². The number of ether oxygens (including phenoxy) is 2. The third kappa shape index (κ3) is 5.30. The summed E-state index contributed by atoms with van der Waals surface area (Å²) in [5.41, 5.74) is 0.965. The third-order valence-corrected chi connectivity index (χ3v) is 4.98. The van der Waals surface area contributed by atoms with Crippen molar-refractivity contribution in [2.24, 2.45) is 0 Å². The van der Waals surface area contributed by atoms with Gasteiger partial charge in [-0.1, -0.05) is 30.3 Å². The van der Waals surface area contributed by atoms with E-state index in [4.69, 9.17) is 9.47 Å². The molecule has 1 N–H and O–H groups in total. The molecule has 150 valence electrons. The first-order valence-corrected chi connectivity index (χ1v) is 9.70. The highest BCUT2D eigenvalue weighted by Crippen LogP contribution is 2.34. The predicted octanol–water partition coefficient (Wildman–Crippen LogP) is 3.96. The van der Waals surface area contributed by atoms with Crippen molar-refractivity contribution in [3.63, 3.8) is 0 Å². The lowest BCUT2D eigenvalue weighted by Crippen LogP contribution is -2.16. The Labute approximate surface area is 172 Å². The molecule has 7 nitrogen and oxygen atoms in total. The van der Waals surface area contributed by atoms with Crippen LogP contribution in [-0.4, -0.2) is 31.1 Å². The van der Waals surface area contributed by atoms with Crippen molar-refractivity contribution in [1.82, 2.24) is 0 Å². The fourth-order valence-electron chi connectivity index (χ4n) is 2.48. The number of hydrogen-bond donors (Lipinski definition) is 1. The van der Waals surface area contributed by atoms with Crippen LogP contribution in [0.2, 0.25) is 0 Å². The van der Waals surface area contributed by atoms with Gasteiger partial charge < -0.3 is 14.8 Å². The van der Waals surface area contributed by atoms with E-state index in [-0.39, 0.29) is 34.2 Å². The summed E-state index contributed by atoms with van der Waals surface area (Å²) in [5, 5.41) is 12.1. The molecule has 0 radical (unpaired) electrons. The van der Waals surface area contributed by atoms with Crippen LogP contribution in [0.4, 0.5) is 5.00 Å². The maximum absolute atomic E-state index is 12.6. The normalized spacial score (nSPS) is 10.8. The van der Waals surface area contributed by atoms with Crippen molar-refractivity contribution in [3.05, 3.63) is 57.5 Å². The number of rotatable bonds is 7. The first-order chi connectivity index (χ1) is 13.9. The number of thiophene rings is 1. The van der Waals surface area contributed by atoms with Gasteiger partial charge in [-0.2, -0.15) is 5.26 Å². The molecule has 0 fully saturated rings. The average molecular weight is 412 g/mol. The van der Waals surface area contributed by atoms with Crippen molar-refractivity contribution in [2.75, 3.05) is 18.5 Å². The van der Waals surface area contributed by atoms with Gasteiger partial charge in [-0.05, 0) is 38.0 Å². The van der Waals surface area contributed by atoms with Gasteiger partial charge in [0.05, 0.1) is 18.8 Å². The van der Waals surface area contributed by atoms with Gasteiger partial charge in [0, 0.05) is 0 Å². The van der Waals surface area contributed by atoms with Gasteiger partial charge in [0.25, 0.3) is 5.91 Å². The van der Waals surface area contributed by atoms with E-state index in [2.05, 4.69) is 5.32 Å². The van der Waals surface area contributed by atoms with Crippen molar-refractivity contribution < 1.29 is 23.9 Å². The number of carbonyl (C=O) groups excluding carboxylic acids is 3. The van der Waals surface area contributed by atoms with Gasteiger partial charge in [0.1, 0.15) is 21.5 Å². The molecule has 2 rings (SSSR count). The predicted molar refractivity (Wildman–Crippen MR) is 110 cm³/mol. The highest BCUT2D eigenvalue weighted by Gasteiger charge is 2.27. The average Bonchev–Trinajstić information content (AvgIpc) is 3.03.